The summed E-state index contributed by atoms with van der Waals surface area (Å²) in [6.45, 7) is 3.84. The third kappa shape index (κ3) is 4.74. The van der Waals surface area contributed by atoms with E-state index in [-0.39, 0.29) is 37.7 Å². The third-order valence-corrected chi connectivity index (χ3v) is 6.94. The molecule has 15 heteroatoms. The maximum absolute atomic E-state index is 13.9. The van der Waals surface area contributed by atoms with E-state index in [9.17, 15) is 38.9 Å². The number of carbonyl (C=O) groups excluding carboxylic acids is 6. The maximum atomic E-state index is 13.9. The van der Waals surface area contributed by atoms with Gasteiger partial charge in [0.2, 0.25) is 16.7 Å². The number of nitrogens with zero attached hydrogens (tertiary/aromatic N) is 2. The van der Waals surface area contributed by atoms with Crippen LogP contribution < -0.4 is 0 Å². The largest absolute Gasteiger partial charge is 0.465 e. The van der Waals surface area contributed by atoms with Gasteiger partial charge >= 0.3 is 29.8 Å². The van der Waals surface area contributed by atoms with E-state index in [1.165, 1.54) is 52.0 Å². The van der Waals surface area contributed by atoms with Crippen LogP contribution in [0.1, 0.15) is 39.7 Å². The molecule has 222 valence electrons. The number of rotatable bonds is 12. The Balaban J connectivity index is 2.25. The van der Waals surface area contributed by atoms with Crippen LogP contribution in [-0.2, 0) is 59.1 Å². The number of esters is 5. The van der Waals surface area contributed by atoms with E-state index in [0.29, 0.717) is 0 Å². The molecular weight excluding hydrogens is 548 g/mol. The molecule has 41 heavy (non-hydrogen) atoms. The molecule has 1 aromatic rings. The average Bonchev–Trinajstić information content (AvgIpc) is 3.16. The molecule has 0 bridgehead atoms. The van der Waals surface area contributed by atoms with Crippen molar-refractivity contribution in [2.24, 2.45) is 10.8 Å². The number of nitro benzene ring substituents is 1. The van der Waals surface area contributed by atoms with E-state index >= 15 is 0 Å². The SMILES string of the molecule is CCOC(=O)C1(C(=O)OCC)[C@@H]2CC(=O)N2[C@H](C(=O)OCc2ccc([N+](=O)[O-])cc2)C1(C(=O)OCC)C(=O)OCC. The van der Waals surface area contributed by atoms with Crippen LogP contribution >= 0.6 is 0 Å². The topological polar surface area (TPSA) is 195 Å². The van der Waals surface area contributed by atoms with Crippen LogP contribution in [0.3, 0.4) is 0 Å². The number of benzene rings is 1. The second-order valence-electron chi connectivity index (χ2n) is 8.95. The summed E-state index contributed by atoms with van der Waals surface area (Å²) >= 11 is 0. The van der Waals surface area contributed by atoms with Crippen LogP contribution in [0.25, 0.3) is 0 Å². The molecule has 2 aliphatic heterocycles. The van der Waals surface area contributed by atoms with E-state index in [4.69, 9.17) is 23.7 Å². The van der Waals surface area contributed by atoms with Crippen molar-refractivity contribution >= 4 is 41.4 Å². The number of nitro groups is 1. The van der Waals surface area contributed by atoms with Crippen LogP contribution in [-0.4, -0.2) is 84.1 Å². The summed E-state index contributed by atoms with van der Waals surface area (Å²) in [7, 11) is 0. The van der Waals surface area contributed by atoms with Crippen LogP contribution in [0, 0.1) is 20.9 Å². The maximum Gasteiger partial charge on any atom is 0.331 e. The highest BCUT2D eigenvalue weighted by Crippen LogP contribution is 2.62. The van der Waals surface area contributed by atoms with E-state index in [1.807, 2.05) is 0 Å². The number of β-lactam (4-membered cyclic amide) rings is 1. The summed E-state index contributed by atoms with van der Waals surface area (Å²) in [6.07, 6.45) is -0.510. The normalized spacial score (nSPS) is 19.7. The van der Waals surface area contributed by atoms with E-state index in [0.717, 1.165) is 4.90 Å². The average molecular weight is 579 g/mol. The predicted octanol–water partition coefficient (Wildman–Crippen LogP) is 0.846. The van der Waals surface area contributed by atoms with Gasteiger partial charge in [-0.05, 0) is 45.4 Å². The van der Waals surface area contributed by atoms with Crippen LogP contribution in [0.15, 0.2) is 24.3 Å². The summed E-state index contributed by atoms with van der Waals surface area (Å²) < 4.78 is 26.1. The van der Waals surface area contributed by atoms with Gasteiger partial charge in [-0.15, -0.1) is 0 Å². The number of hydrogen-bond donors (Lipinski definition) is 0. The van der Waals surface area contributed by atoms with Gasteiger partial charge in [0.1, 0.15) is 6.61 Å². The lowest BCUT2D eigenvalue weighted by Crippen LogP contribution is -2.67. The molecule has 0 saturated carbocycles. The summed E-state index contributed by atoms with van der Waals surface area (Å²) in [5.41, 5.74) is -5.90. The fraction of sp³-hybridized carbons (Fsp3) is 0.538. The van der Waals surface area contributed by atoms with Crippen molar-refractivity contribution < 1.29 is 57.4 Å². The first kappa shape index (κ1) is 31.0. The first-order chi connectivity index (χ1) is 19.5. The van der Waals surface area contributed by atoms with E-state index in [2.05, 4.69) is 0 Å². The third-order valence-electron chi connectivity index (χ3n) is 6.94. The van der Waals surface area contributed by atoms with Crippen molar-refractivity contribution in [2.75, 3.05) is 26.4 Å². The van der Waals surface area contributed by atoms with Crippen molar-refractivity contribution in [3.63, 3.8) is 0 Å². The van der Waals surface area contributed by atoms with Crippen LogP contribution in [0.2, 0.25) is 0 Å². The fourth-order valence-corrected chi connectivity index (χ4v) is 5.33. The monoisotopic (exact) mass is 578 g/mol. The molecule has 0 radical (unpaired) electrons. The molecular formula is C26H30N2O13. The smallest absolute Gasteiger partial charge is 0.331 e. The number of hydrogen-bond acceptors (Lipinski definition) is 13. The second-order valence-corrected chi connectivity index (χ2v) is 8.95. The minimum Gasteiger partial charge on any atom is -0.465 e. The summed E-state index contributed by atoms with van der Waals surface area (Å²) in [5, 5.41) is 10.9. The van der Waals surface area contributed by atoms with Crippen molar-refractivity contribution in [2.45, 2.75) is 52.8 Å². The number of amides is 1. The minimum atomic E-state index is -3.10. The van der Waals surface area contributed by atoms with E-state index in [1.54, 1.807) is 0 Å². The Kier molecular flexibility index (Phi) is 9.30. The standard InChI is InChI=1S/C26H30N2O13/c1-5-37-21(31)25(22(32)38-6-2)17-13-18(29)27(17)19(26(25,23(33)39-7-3)24(34)40-8-4)20(30)41-14-15-9-11-16(12-10-15)28(35)36/h9-12,17,19H,5-8,13-14H2,1-4H3/t17-,19+/m0/s1. The Hall–Kier alpha value is -4.56. The van der Waals surface area contributed by atoms with Crippen molar-refractivity contribution in [3.05, 3.63) is 39.9 Å². The van der Waals surface area contributed by atoms with Crippen LogP contribution in [0.4, 0.5) is 5.69 Å². The molecule has 2 aliphatic rings. The predicted molar refractivity (Wildman–Crippen MR) is 133 cm³/mol. The zero-order chi connectivity index (χ0) is 30.5. The summed E-state index contributed by atoms with van der Waals surface area (Å²) in [5.74, 6) is -7.84. The minimum absolute atomic E-state index is 0.220. The Bertz CT molecular complexity index is 1210. The highest BCUT2D eigenvalue weighted by atomic mass is 16.6. The van der Waals surface area contributed by atoms with Gasteiger partial charge in [0.25, 0.3) is 5.69 Å². The lowest BCUT2D eigenvalue weighted by atomic mass is 9.58. The molecule has 0 unspecified atom stereocenters. The first-order valence-corrected chi connectivity index (χ1v) is 12.9. The van der Waals surface area contributed by atoms with Crippen molar-refractivity contribution in [1.29, 1.82) is 0 Å². The number of non-ortho nitro benzene ring substituents is 1. The van der Waals surface area contributed by atoms with Gasteiger partial charge in [-0.3, -0.25) is 34.1 Å². The number of carbonyl (C=O) groups is 6. The van der Waals surface area contributed by atoms with Gasteiger partial charge in [0, 0.05) is 18.6 Å². The summed E-state index contributed by atoms with van der Waals surface area (Å²) in [6, 6.07) is 1.26. The molecule has 1 amide bonds. The lowest BCUT2D eigenvalue weighted by Gasteiger charge is -2.42. The molecule has 2 atom stereocenters. The van der Waals surface area contributed by atoms with Gasteiger partial charge in [-0.1, -0.05) is 0 Å². The van der Waals surface area contributed by atoms with Gasteiger partial charge in [-0.2, -0.15) is 0 Å². The first-order valence-electron chi connectivity index (χ1n) is 12.9. The Morgan fingerprint density at radius 3 is 1.63 bits per heavy atom. The zero-order valence-electron chi connectivity index (χ0n) is 22.9. The van der Waals surface area contributed by atoms with Crippen molar-refractivity contribution in [3.8, 4) is 0 Å². The molecule has 2 fully saturated rings. The molecule has 15 nitrogen and oxygen atoms in total. The van der Waals surface area contributed by atoms with Gasteiger partial charge in [0.05, 0.1) is 37.4 Å². The summed E-state index contributed by atoms with van der Waals surface area (Å²) in [4.78, 5) is 93.1. The van der Waals surface area contributed by atoms with Crippen molar-refractivity contribution in [1.82, 2.24) is 4.90 Å². The van der Waals surface area contributed by atoms with Gasteiger partial charge < -0.3 is 28.6 Å². The number of fused-ring (bicyclic) bond motifs is 1. The quantitative estimate of drug-likeness (QED) is 0.0846. The highest BCUT2D eigenvalue weighted by molar-refractivity contribution is 6.21. The molecule has 0 N–H and O–H groups in total. The Labute approximate surface area is 234 Å². The molecule has 2 heterocycles. The molecule has 0 aromatic heterocycles. The molecule has 0 spiro atoms. The second kappa shape index (κ2) is 12.3. The Morgan fingerprint density at radius 1 is 0.805 bits per heavy atom. The number of ether oxygens (including phenoxy) is 5. The van der Waals surface area contributed by atoms with Gasteiger partial charge in [0.15, 0.2) is 6.04 Å². The molecule has 2 saturated heterocycles. The van der Waals surface area contributed by atoms with Crippen LogP contribution in [0.5, 0.6) is 0 Å². The fourth-order valence-electron chi connectivity index (χ4n) is 5.33. The lowest BCUT2D eigenvalue weighted by molar-refractivity contribution is -0.384. The Morgan fingerprint density at radius 2 is 1.24 bits per heavy atom. The highest BCUT2D eigenvalue weighted by Gasteiger charge is 2.89. The zero-order valence-corrected chi connectivity index (χ0v) is 22.9. The molecule has 1 aromatic carbocycles. The van der Waals surface area contributed by atoms with E-state index < -0.39 is 76.6 Å². The van der Waals surface area contributed by atoms with Gasteiger partial charge in [-0.25, -0.2) is 4.79 Å². The molecule has 3 rings (SSSR count). The molecule has 0 aliphatic carbocycles.